The molecule has 2 N–H and O–H groups in total. The number of hydrogen-bond acceptors (Lipinski definition) is 12. The monoisotopic (exact) mass is 721 g/mol. The number of likely N-dealkylation sites (tertiary alicyclic amines) is 2. The molecule has 0 spiro atoms. The van der Waals surface area contributed by atoms with Gasteiger partial charge in [0.05, 0.1) is 23.9 Å². The lowest BCUT2D eigenvalue weighted by molar-refractivity contribution is -0.126. The minimum absolute atomic E-state index is 0.00812. The van der Waals surface area contributed by atoms with E-state index < -0.39 is 21.6 Å². The smallest absolute Gasteiger partial charge is 0.246 e. The first-order valence-corrected chi connectivity index (χ1v) is 20.0. The molecule has 3 aromatic heterocycles. The standard InChI is InChI=1S/C36H48FN9O4S/c1-5-33(47)45-13-6-7-29(45)26-18-40-34(46-20-24(23(46)2)22-51(4,49)50)27-19-39-32(17-25(26)27)41-31-8-12-38-35(42-31)44-14-9-30(28(37)21-44)43-15-10-36(3,48)11-16-43/h5,8,12,17-19,23-24,28-30,48H,1,6-7,9-11,13-16,20-22H2,2-4H3,(H,38,39,41,42)/t23-,24-,28+,29?,30-/m1/s1. The van der Waals surface area contributed by atoms with Crippen LogP contribution in [0.5, 0.6) is 0 Å². The minimum Gasteiger partial charge on any atom is -0.390 e. The maximum atomic E-state index is 15.6. The van der Waals surface area contributed by atoms with Crippen molar-refractivity contribution in [2.24, 2.45) is 5.92 Å². The maximum absolute atomic E-state index is 15.6. The molecule has 1 amide bonds. The molecule has 51 heavy (non-hydrogen) atoms. The van der Waals surface area contributed by atoms with E-state index in [4.69, 9.17) is 15.0 Å². The van der Waals surface area contributed by atoms with Gasteiger partial charge in [0.25, 0.3) is 0 Å². The Bertz CT molecular complexity index is 1900. The van der Waals surface area contributed by atoms with E-state index in [1.54, 1.807) is 18.5 Å². The number of halogens is 1. The number of rotatable bonds is 9. The number of piperidine rings is 2. The van der Waals surface area contributed by atoms with E-state index in [-0.39, 0.29) is 42.2 Å². The van der Waals surface area contributed by atoms with Crippen molar-refractivity contribution in [3.05, 3.63) is 48.9 Å². The van der Waals surface area contributed by atoms with Gasteiger partial charge in [-0.1, -0.05) is 6.58 Å². The highest BCUT2D eigenvalue weighted by molar-refractivity contribution is 7.90. The van der Waals surface area contributed by atoms with E-state index in [0.717, 1.165) is 35.0 Å². The van der Waals surface area contributed by atoms with Crippen LogP contribution in [-0.4, -0.2) is 124 Å². The third-order valence-electron chi connectivity index (χ3n) is 11.3. The van der Waals surface area contributed by atoms with Gasteiger partial charge in [-0.15, -0.1) is 0 Å². The first-order chi connectivity index (χ1) is 24.3. The minimum atomic E-state index is -3.11. The summed E-state index contributed by atoms with van der Waals surface area (Å²) in [5.74, 6) is 2.24. The third-order valence-corrected chi connectivity index (χ3v) is 12.3. The van der Waals surface area contributed by atoms with Crippen LogP contribution in [0.25, 0.3) is 10.8 Å². The summed E-state index contributed by atoms with van der Waals surface area (Å²) < 4.78 is 39.6. The molecule has 13 nitrogen and oxygen atoms in total. The summed E-state index contributed by atoms with van der Waals surface area (Å²) in [4.78, 5) is 39.7. The Labute approximate surface area is 298 Å². The topological polar surface area (TPSA) is 148 Å². The molecule has 4 saturated heterocycles. The number of nitrogens with one attached hydrogen (secondary N) is 1. The van der Waals surface area contributed by atoms with Crippen LogP contribution in [-0.2, 0) is 14.6 Å². The number of nitrogens with zero attached hydrogens (tertiary/aromatic N) is 8. The lowest BCUT2D eigenvalue weighted by Crippen LogP contribution is -2.57. The van der Waals surface area contributed by atoms with E-state index in [2.05, 4.69) is 26.7 Å². The average Bonchev–Trinajstić information content (AvgIpc) is 3.59. The Morgan fingerprint density at radius 1 is 1.10 bits per heavy atom. The van der Waals surface area contributed by atoms with Gasteiger partial charge < -0.3 is 25.1 Å². The molecular weight excluding hydrogens is 674 g/mol. The number of aromatic nitrogens is 4. The van der Waals surface area contributed by atoms with Crippen LogP contribution in [0.3, 0.4) is 0 Å². The molecule has 4 fully saturated rings. The van der Waals surface area contributed by atoms with Crippen LogP contribution in [0, 0.1) is 5.92 Å². The second-order valence-electron chi connectivity index (χ2n) is 15.0. The zero-order valence-electron chi connectivity index (χ0n) is 29.6. The van der Waals surface area contributed by atoms with Gasteiger partial charge in [-0.2, -0.15) is 4.98 Å². The van der Waals surface area contributed by atoms with Crippen molar-refractivity contribution < 1.29 is 22.7 Å². The molecule has 4 aliphatic rings. The zero-order valence-corrected chi connectivity index (χ0v) is 30.4. The number of carbonyl (C=O) groups is 1. The van der Waals surface area contributed by atoms with Crippen LogP contribution in [0.2, 0.25) is 0 Å². The highest BCUT2D eigenvalue weighted by atomic mass is 32.2. The molecular formula is C36H48FN9O4S. The Balaban J connectivity index is 1.13. The van der Waals surface area contributed by atoms with E-state index in [0.29, 0.717) is 69.6 Å². The summed E-state index contributed by atoms with van der Waals surface area (Å²) in [5, 5.41) is 15.4. The molecule has 0 radical (unpaired) electrons. The largest absolute Gasteiger partial charge is 0.390 e. The predicted molar refractivity (Wildman–Crippen MR) is 196 cm³/mol. The van der Waals surface area contributed by atoms with Crippen molar-refractivity contribution in [2.75, 3.05) is 66.4 Å². The maximum Gasteiger partial charge on any atom is 0.246 e. The Morgan fingerprint density at radius 3 is 2.59 bits per heavy atom. The first kappa shape index (κ1) is 35.5. The molecule has 4 aliphatic heterocycles. The number of fused-ring (bicyclic) bond motifs is 1. The summed E-state index contributed by atoms with van der Waals surface area (Å²) >= 11 is 0. The van der Waals surface area contributed by atoms with E-state index in [1.165, 1.54) is 12.3 Å². The van der Waals surface area contributed by atoms with Gasteiger partial charge in [0.2, 0.25) is 11.9 Å². The number of amides is 1. The second kappa shape index (κ2) is 13.9. The second-order valence-corrected chi connectivity index (χ2v) is 17.2. The lowest BCUT2D eigenvalue weighted by Gasteiger charge is -2.47. The molecule has 5 atom stereocenters. The fourth-order valence-corrected chi connectivity index (χ4v) is 9.41. The predicted octanol–water partition coefficient (Wildman–Crippen LogP) is 3.65. The van der Waals surface area contributed by atoms with Crippen molar-refractivity contribution in [3.8, 4) is 0 Å². The molecule has 15 heteroatoms. The highest BCUT2D eigenvalue weighted by Crippen LogP contribution is 2.41. The van der Waals surface area contributed by atoms with Crippen LogP contribution >= 0.6 is 0 Å². The van der Waals surface area contributed by atoms with Gasteiger partial charge >= 0.3 is 0 Å². The van der Waals surface area contributed by atoms with Crippen LogP contribution < -0.4 is 15.1 Å². The van der Waals surface area contributed by atoms with Crippen LogP contribution in [0.4, 0.5) is 27.8 Å². The van der Waals surface area contributed by atoms with E-state index in [9.17, 15) is 18.3 Å². The summed E-state index contributed by atoms with van der Waals surface area (Å²) in [6.45, 7) is 11.0. The van der Waals surface area contributed by atoms with Gasteiger partial charge in [-0.05, 0) is 69.5 Å². The molecule has 3 aromatic rings. The van der Waals surface area contributed by atoms with Gasteiger partial charge in [0, 0.05) is 86.5 Å². The third kappa shape index (κ3) is 7.38. The number of sulfone groups is 1. The number of hydrogen-bond donors (Lipinski definition) is 2. The van der Waals surface area contributed by atoms with Crippen LogP contribution in [0.1, 0.15) is 57.6 Å². The highest BCUT2D eigenvalue weighted by Gasteiger charge is 2.40. The van der Waals surface area contributed by atoms with Crippen molar-refractivity contribution in [1.82, 2.24) is 29.7 Å². The zero-order chi connectivity index (χ0) is 36.1. The summed E-state index contributed by atoms with van der Waals surface area (Å²) in [6, 6.07) is 3.32. The average molecular weight is 722 g/mol. The van der Waals surface area contributed by atoms with Crippen molar-refractivity contribution >= 4 is 49.9 Å². The molecule has 274 valence electrons. The van der Waals surface area contributed by atoms with Gasteiger partial charge in [0.15, 0.2) is 0 Å². The normalized spacial score (nSPS) is 27.0. The number of pyridine rings is 2. The van der Waals surface area contributed by atoms with Gasteiger partial charge in [-0.3, -0.25) is 9.69 Å². The Hall–Kier alpha value is -3.95. The molecule has 0 aromatic carbocycles. The number of alkyl halides is 1. The van der Waals surface area contributed by atoms with Crippen molar-refractivity contribution in [1.29, 1.82) is 0 Å². The number of aliphatic hydroxyl groups is 1. The van der Waals surface area contributed by atoms with Crippen molar-refractivity contribution in [3.63, 3.8) is 0 Å². The molecule has 1 unspecified atom stereocenters. The lowest BCUT2D eigenvalue weighted by atomic mass is 9.90. The summed E-state index contributed by atoms with van der Waals surface area (Å²) in [7, 11) is -3.11. The van der Waals surface area contributed by atoms with Gasteiger partial charge in [-0.25, -0.2) is 27.8 Å². The Morgan fingerprint density at radius 2 is 1.88 bits per heavy atom. The molecule has 0 saturated carbocycles. The van der Waals surface area contributed by atoms with E-state index >= 15 is 4.39 Å². The number of anilines is 4. The SMILES string of the molecule is C=CC(=O)N1CCCC1c1cnc(N2C[C@H](CS(C)(=O)=O)[C@H]2C)c2cnc(Nc3ccnc(N4CC[C@@H](N5CCC(C)(O)CC5)[C@@H](F)C4)n3)cc12. The fraction of sp³-hybridized carbons (Fsp3) is 0.583. The fourth-order valence-electron chi connectivity index (χ4n) is 8.25. The number of carbonyl (C=O) groups excluding carboxylic acids is 1. The first-order valence-electron chi connectivity index (χ1n) is 17.9. The quantitative estimate of drug-likeness (QED) is 0.311. The van der Waals surface area contributed by atoms with Crippen molar-refractivity contribution in [2.45, 2.75) is 75.8 Å². The van der Waals surface area contributed by atoms with Gasteiger partial charge in [0.1, 0.15) is 33.5 Å². The molecule has 7 rings (SSSR count). The molecule has 0 aliphatic carbocycles. The molecule has 7 heterocycles. The van der Waals surface area contributed by atoms with E-state index in [1.807, 2.05) is 35.9 Å². The molecule has 0 bridgehead atoms. The summed E-state index contributed by atoms with van der Waals surface area (Å²) in [5.41, 5.74) is 0.232. The summed E-state index contributed by atoms with van der Waals surface area (Å²) in [6.07, 6.45) is 10.4. The van der Waals surface area contributed by atoms with Crippen LogP contribution in [0.15, 0.2) is 43.4 Å². The Kier molecular flexibility index (Phi) is 9.65.